The zero-order valence-corrected chi connectivity index (χ0v) is 9.48. The Morgan fingerprint density at radius 2 is 2.21 bits per heavy atom. The molecule has 0 unspecified atom stereocenters. The first-order valence-corrected chi connectivity index (χ1v) is 5.49. The lowest BCUT2D eigenvalue weighted by molar-refractivity contribution is 0.0600. The quantitative estimate of drug-likeness (QED) is 0.567. The molecule has 0 fully saturated rings. The van der Waals surface area contributed by atoms with Crippen LogP contribution in [0.15, 0.2) is 23.1 Å². The van der Waals surface area contributed by atoms with E-state index in [0.29, 0.717) is 5.56 Å². The minimum atomic E-state index is -0.275. The second-order valence-electron chi connectivity index (χ2n) is 2.90. The fourth-order valence-electron chi connectivity index (χ4n) is 1.16. The highest BCUT2D eigenvalue weighted by molar-refractivity contribution is 7.99. The molecule has 14 heavy (non-hydrogen) atoms. The average molecular weight is 210 g/mol. The summed E-state index contributed by atoms with van der Waals surface area (Å²) in [6, 6.07) is 5.63. The summed E-state index contributed by atoms with van der Waals surface area (Å²) in [7, 11) is 1.40. The second-order valence-corrected chi connectivity index (χ2v) is 4.21. The molecule has 0 saturated carbocycles. The molecule has 1 aromatic rings. The Morgan fingerprint density at radius 3 is 2.79 bits per heavy atom. The van der Waals surface area contributed by atoms with Crippen molar-refractivity contribution >= 4 is 17.7 Å². The van der Waals surface area contributed by atoms with E-state index in [9.17, 15) is 4.79 Å². The third-order valence-electron chi connectivity index (χ3n) is 1.91. The van der Waals surface area contributed by atoms with E-state index >= 15 is 0 Å². The second kappa shape index (κ2) is 5.05. The lowest BCUT2D eigenvalue weighted by atomic mass is 10.1. The molecular formula is C11H14O2S. The topological polar surface area (TPSA) is 26.3 Å². The first kappa shape index (κ1) is 11.1. The predicted molar refractivity (Wildman–Crippen MR) is 58.9 cm³/mol. The van der Waals surface area contributed by atoms with E-state index in [2.05, 4.69) is 11.7 Å². The van der Waals surface area contributed by atoms with E-state index in [0.717, 1.165) is 10.6 Å². The first-order chi connectivity index (χ1) is 6.69. The highest BCUT2D eigenvalue weighted by Gasteiger charge is 2.07. The number of aryl methyl sites for hydroxylation is 1. The van der Waals surface area contributed by atoms with Crippen molar-refractivity contribution in [1.82, 2.24) is 0 Å². The van der Waals surface area contributed by atoms with Gasteiger partial charge in [-0.2, -0.15) is 0 Å². The van der Waals surface area contributed by atoms with Gasteiger partial charge >= 0.3 is 5.97 Å². The lowest BCUT2D eigenvalue weighted by Crippen LogP contribution is -2.01. The fraction of sp³-hybridized carbons (Fsp3) is 0.364. The minimum absolute atomic E-state index is 0.275. The van der Waals surface area contributed by atoms with Crippen molar-refractivity contribution in [3.8, 4) is 0 Å². The summed E-state index contributed by atoms with van der Waals surface area (Å²) in [5.41, 5.74) is 1.82. The van der Waals surface area contributed by atoms with Gasteiger partial charge < -0.3 is 4.74 Å². The Bertz CT molecular complexity index is 334. The van der Waals surface area contributed by atoms with Crippen molar-refractivity contribution in [2.45, 2.75) is 18.7 Å². The molecule has 0 amide bonds. The van der Waals surface area contributed by atoms with Gasteiger partial charge in [0.25, 0.3) is 0 Å². The van der Waals surface area contributed by atoms with Gasteiger partial charge in [0.05, 0.1) is 12.7 Å². The molecule has 0 heterocycles. The first-order valence-electron chi connectivity index (χ1n) is 4.50. The number of rotatable bonds is 3. The molecule has 2 nitrogen and oxygen atoms in total. The molecule has 3 heteroatoms. The molecule has 0 spiro atoms. The minimum Gasteiger partial charge on any atom is -0.465 e. The van der Waals surface area contributed by atoms with Gasteiger partial charge in [0.15, 0.2) is 0 Å². The van der Waals surface area contributed by atoms with Crippen LogP contribution in [0.3, 0.4) is 0 Å². The SMILES string of the molecule is CCSc1cc(C(=O)OC)ccc1C. The van der Waals surface area contributed by atoms with Crippen molar-refractivity contribution in [3.63, 3.8) is 0 Å². The summed E-state index contributed by atoms with van der Waals surface area (Å²) in [4.78, 5) is 12.4. The van der Waals surface area contributed by atoms with Crippen molar-refractivity contribution in [3.05, 3.63) is 29.3 Å². The van der Waals surface area contributed by atoms with Crippen LogP contribution in [0.4, 0.5) is 0 Å². The van der Waals surface area contributed by atoms with E-state index in [1.165, 1.54) is 12.7 Å². The lowest BCUT2D eigenvalue weighted by Gasteiger charge is -2.05. The van der Waals surface area contributed by atoms with E-state index in [1.54, 1.807) is 17.8 Å². The van der Waals surface area contributed by atoms with Crippen molar-refractivity contribution < 1.29 is 9.53 Å². The molecule has 1 aromatic carbocycles. The van der Waals surface area contributed by atoms with Crippen molar-refractivity contribution in [1.29, 1.82) is 0 Å². The van der Waals surface area contributed by atoms with E-state index in [-0.39, 0.29) is 5.97 Å². The van der Waals surface area contributed by atoms with Crippen molar-refractivity contribution in [2.75, 3.05) is 12.9 Å². The Morgan fingerprint density at radius 1 is 1.50 bits per heavy atom. The molecule has 0 aromatic heterocycles. The molecule has 0 saturated heterocycles. The number of esters is 1. The maximum atomic E-state index is 11.2. The van der Waals surface area contributed by atoms with Gasteiger partial charge in [0.2, 0.25) is 0 Å². The van der Waals surface area contributed by atoms with Gasteiger partial charge in [-0.1, -0.05) is 13.0 Å². The molecule has 0 bridgehead atoms. The molecule has 0 N–H and O–H groups in total. The van der Waals surface area contributed by atoms with Gasteiger partial charge in [-0.05, 0) is 30.4 Å². The highest BCUT2D eigenvalue weighted by Crippen LogP contribution is 2.23. The van der Waals surface area contributed by atoms with Crippen LogP contribution >= 0.6 is 11.8 Å². The number of hydrogen-bond acceptors (Lipinski definition) is 3. The molecule has 0 aliphatic heterocycles. The maximum absolute atomic E-state index is 11.2. The van der Waals surface area contributed by atoms with E-state index in [4.69, 9.17) is 0 Å². The molecule has 0 aliphatic rings. The maximum Gasteiger partial charge on any atom is 0.337 e. The largest absolute Gasteiger partial charge is 0.465 e. The number of carbonyl (C=O) groups excluding carboxylic acids is 1. The normalized spacial score (nSPS) is 9.93. The number of thioether (sulfide) groups is 1. The van der Waals surface area contributed by atoms with Crippen LogP contribution in [0, 0.1) is 6.92 Å². The standard InChI is InChI=1S/C11H14O2S/c1-4-14-10-7-9(11(12)13-3)6-5-8(10)2/h5-7H,4H2,1-3H3. The summed E-state index contributed by atoms with van der Waals surface area (Å²) in [6.45, 7) is 4.13. The summed E-state index contributed by atoms with van der Waals surface area (Å²) in [5.74, 6) is 0.730. The third kappa shape index (κ3) is 2.51. The smallest absolute Gasteiger partial charge is 0.337 e. The average Bonchev–Trinajstić information content (AvgIpc) is 2.20. The number of methoxy groups -OCH3 is 1. The third-order valence-corrected chi connectivity index (χ3v) is 2.95. The van der Waals surface area contributed by atoms with Gasteiger partial charge in [0, 0.05) is 4.90 Å². The van der Waals surface area contributed by atoms with Crippen molar-refractivity contribution in [2.24, 2.45) is 0 Å². The van der Waals surface area contributed by atoms with Gasteiger partial charge in [-0.25, -0.2) is 4.79 Å². The number of hydrogen-bond donors (Lipinski definition) is 0. The van der Waals surface area contributed by atoms with Crippen LogP contribution < -0.4 is 0 Å². The number of ether oxygens (including phenoxy) is 1. The van der Waals surface area contributed by atoms with Crippen LogP contribution in [-0.4, -0.2) is 18.8 Å². The zero-order chi connectivity index (χ0) is 10.6. The predicted octanol–water partition coefficient (Wildman–Crippen LogP) is 2.89. The highest BCUT2D eigenvalue weighted by atomic mass is 32.2. The van der Waals surface area contributed by atoms with Crippen LogP contribution in [0.1, 0.15) is 22.8 Å². The van der Waals surface area contributed by atoms with E-state index in [1.807, 2.05) is 19.1 Å². The fourth-order valence-corrected chi connectivity index (χ4v) is 1.97. The van der Waals surface area contributed by atoms with Gasteiger partial charge in [-0.3, -0.25) is 0 Å². The monoisotopic (exact) mass is 210 g/mol. The molecule has 76 valence electrons. The Balaban J connectivity index is 2.99. The summed E-state index contributed by atoms with van der Waals surface area (Å²) >= 11 is 1.74. The van der Waals surface area contributed by atoms with E-state index < -0.39 is 0 Å². The van der Waals surface area contributed by atoms with Crippen LogP contribution in [0.25, 0.3) is 0 Å². The van der Waals surface area contributed by atoms with Crippen LogP contribution in [0.2, 0.25) is 0 Å². The zero-order valence-electron chi connectivity index (χ0n) is 8.66. The van der Waals surface area contributed by atoms with Gasteiger partial charge in [0.1, 0.15) is 0 Å². The Hall–Kier alpha value is -0.960. The molecule has 0 aliphatic carbocycles. The molecule has 0 atom stereocenters. The summed E-state index contributed by atoms with van der Waals surface area (Å²) in [6.07, 6.45) is 0. The summed E-state index contributed by atoms with van der Waals surface area (Å²) < 4.78 is 4.66. The molecule has 0 radical (unpaired) electrons. The number of benzene rings is 1. The molecular weight excluding hydrogens is 196 g/mol. The van der Waals surface area contributed by atoms with Crippen LogP contribution in [-0.2, 0) is 4.74 Å². The number of carbonyl (C=O) groups is 1. The van der Waals surface area contributed by atoms with Crippen LogP contribution in [0.5, 0.6) is 0 Å². The molecule has 1 rings (SSSR count). The Labute approximate surface area is 88.7 Å². The van der Waals surface area contributed by atoms with Gasteiger partial charge in [-0.15, -0.1) is 11.8 Å². The Kier molecular flexibility index (Phi) is 4.01. The summed E-state index contributed by atoms with van der Waals surface area (Å²) in [5, 5.41) is 0.